The highest BCUT2D eigenvalue weighted by molar-refractivity contribution is 6.30. The average molecular weight is 345 g/mol. The molecule has 5 nitrogen and oxygen atoms in total. The summed E-state index contributed by atoms with van der Waals surface area (Å²) in [5.41, 5.74) is 1.11. The number of hydrogen-bond donors (Lipinski definition) is 1. The Kier molecular flexibility index (Phi) is 5.64. The van der Waals surface area contributed by atoms with E-state index in [1.165, 1.54) is 6.33 Å². The Morgan fingerprint density at radius 3 is 2.83 bits per heavy atom. The van der Waals surface area contributed by atoms with Gasteiger partial charge in [0.15, 0.2) is 0 Å². The summed E-state index contributed by atoms with van der Waals surface area (Å²) in [6.45, 7) is 1.58. The van der Waals surface area contributed by atoms with Crippen LogP contribution in [0.5, 0.6) is 0 Å². The number of nitrogens with one attached hydrogen (secondary N) is 1. The van der Waals surface area contributed by atoms with Crippen molar-refractivity contribution < 1.29 is 4.79 Å². The van der Waals surface area contributed by atoms with E-state index in [0.717, 1.165) is 48.8 Å². The third kappa shape index (κ3) is 4.68. The highest BCUT2D eigenvalue weighted by atomic mass is 35.5. The quantitative estimate of drug-likeness (QED) is 0.905. The van der Waals surface area contributed by atoms with E-state index in [9.17, 15) is 4.79 Å². The molecule has 126 valence electrons. The van der Waals surface area contributed by atoms with Crippen molar-refractivity contribution in [1.29, 1.82) is 0 Å². The van der Waals surface area contributed by atoms with E-state index < -0.39 is 0 Å². The number of aromatic nitrogens is 2. The molecule has 1 aromatic heterocycles. The third-order valence-electron chi connectivity index (χ3n) is 4.30. The van der Waals surface area contributed by atoms with Gasteiger partial charge < -0.3 is 10.2 Å². The van der Waals surface area contributed by atoms with E-state index in [0.29, 0.717) is 12.5 Å². The van der Waals surface area contributed by atoms with Gasteiger partial charge in [-0.05, 0) is 43.0 Å². The van der Waals surface area contributed by atoms with Crippen LogP contribution in [0, 0.1) is 0 Å². The van der Waals surface area contributed by atoms with Crippen molar-refractivity contribution in [2.24, 2.45) is 0 Å². The molecule has 1 fully saturated rings. The highest BCUT2D eigenvalue weighted by Crippen LogP contribution is 2.17. The van der Waals surface area contributed by atoms with Gasteiger partial charge in [-0.3, -0.25) is 4.79 Å². The third-order valence-corrected chi connectivity index (χ3v) is 4.53. The largest absolute Gasteiger partial charge is 0.367 e. The molecular weight excluding hydrogens is 324 g/mol. The smallest absolute Gasteiger partial charge is 0.222 e. The minimum atomic E-state index is 0.218. The molecule has 1 aliphatic heterocycles. The Morgan fingerprint density at radius 2 is 2.12 bits per heavy atom. The zero-order valence-corrected chi connectivity index (χ0v) is 14.2. The van der Waals surface area contributed by atoms with Gasteiger partial charge in [0.2, 0.25) is 5.91 Å². The van der Waals surface area contributed by atoms with E-state index in [-0.39, 0.29) is 5.91 Å². The van der Waals surface area contributed by atoms with Gasteiger partial charge in [-0.15, -0.1) is 0 Å². The normalized spacial score (nSPS) is 15.3. The molecule has 2 aromatic rings. The van der Waals surface area contributed by atoms with Gasteiger partial charge in [-0.25, -0.2) is 9.97 Å². The first-order chi connectivity index (χ1) is 11.7. The van der Waals surface area contributed by atoms with Crippen LogP contribution in [0.2, 0.25) is 5.02 Å². The summed E-state index contributed by atoms with van der Waals surface area (Å²) in [7, 11) is 0. The van der Waals surface area contributed by atoms with Crippen molar-refractivity contribution >= 4 is 23.3 Å². The maximum absolute atomic E-state index is 12.4. The van der Waals surface area contributed by atoms with E-state index >= 15 is 0 Å². The molecule has 1 aromatic carbocycles. The summed E-state index contributed by atoms with van der Waals surface area (Å²) in [5, 5.41) is 4.12. The molecule has 0 spiro atoms. The summed E-state index contributed by atoms with van der Waals surface area (Å²) in [6, 6.07) is 9.93. The van der Waals surface area contributed by atoms with Crippen molar-refractivity contribution in [1.82, 2.24) is 14.9 Å². The lowest BCUT2D eigenvalue weighted by atomic mass is 10.0. The van der Waals surface area contributed by atoms with Crippen LogP contribution in [0.3, 0.4) is 0 Å². The van der Waals surface area contributed by atoms with Gasteiger partial charge in [0.25, 0.3) is 0 Å². The number of rotatable bonds is 5. The topological polar surface area (TPSA) is 58.1 Å². The number of piperidine rings is 1. The molecular formula is C18H21ClN4O. The first kappa shape index (κ1) is 16.7. The van der Waals surface area contributed by atoms with Gasteiger partial charge in [0, 0.05) is 36.8 Å². The number of anilines is 1. The van der Waals surface area contributed by atoms with Crippen molar-refractivity contribution in [3.8, 4) is 0 Å². The van der Waals surface area contributed by atoms with E-state index in [1.54, 1.807) is 6.20 Å². The van der Waals surface area contributed by atoms with Crippen LogP contribution in [0.25, 0.3) is 0 Å². The Balaban J connectivity index is 1.43. The highest BCUT2D eigenvalue weighted by Gasteiger charge is 2.22. The zero-order valence-electron chi connectivity index (χ0n) is 13.5. The lowest BCUT2D eigenvalue weighted by Gasteiger charge is -2.32. The number of amides is 1. The summed E-state index contributed by atoms with van der Waals surface area (Å²) in [4.78, 5) is 22.4. The summed E-state index contributed by atoms with van der Waals surface area (Å²) < 4.78 is 0. The maximum Gasteiger partial charge on any atom is 0.222 e. The maximum atomic E-state index is 12.4. The molecule has 0 aliphatic carbocycles. The number of nitrogens with zero attached hydrogens (tertiary/aromatic N) is 3. The molecule has 0 bridgehead atoms. The summed E-state index contributed by atoms with van der Waals surface area (Å²) >= 11 is 5.98. The molecule has 2 heterocycles. The zero-order chi connectivity index (χ0) is 16.8. The lowest BCUT2D eigenvalue weighted by molar-refractivity contribution is -0.132. The fourth-order valence-corrected chi connectivity index (χ4v) is 3.17. The number of aryl methyl sites for hydroxylation is 1. The van der Waals surface area contributed by atoms with Gasteiger partial charge in [-0.2, -0.15) is 0 Å². The van der Waals surface area contributed by atoms with Crippen LogP contribution >= 0.6 is 11.6 Å². The fraction of sp³-hybridized carbons (Fsp3) is 0.389. The molecule has 3 rings (SSSR count). The predicted octanol–water partition coefficient (Wildman–Crippen LogP) is 3.17. The van der Waals surface area contributed by atoms with Crippen LogP contribution in [0.1, 0.15) is 24.8 Å². The molecule has 1 amide bonds. The van der Waals surface area contributed by atoms with Crippen molar-refractivity contribution in [2.75, 3.05) is 18.4 Å². The molecule has 0 radical (unpaired) electrons. The average Bonchev–Trinajstić information content (AvgIpc) is 2.61. The molecule has 0 saturated carbocycles. The number of likely N-dealkylation sites (tertiary alicyclic amines) is 1. The number of hydrogen-bond acceptors (Lipinski definition) is 4. The number of halogens is 1. The van der Waals surface area contributed by atoms with E-state index in [2.05, 4.69) is 15.3 Å². The number of carbonyl (C=O) groups is 1. The number of benzene rings is 1. The molecule has 24 heavy (non-hydrogen) atoms. The van der Waals surface area contributed by atoms with E-state index in [1.807, 2.05) is 35.2 Å². The van der Waals surface area contributed by atoms with Crippen molar-refractivity contribution in [3.05, 3.63) is 53.4 Å². The van der Waals surface area contributed by atoms with Crippen LogP contribution in [0.15, 0.2) is 42.9 Å². The van der Waals surface area contributed by atoms with Crippen LogP contribution in [-0.4, -0.2) is 39.9 Å². The number of carbonyl (C=O) groups excluding carboxylic acids is 1. The first-order valence-electron chi connectivity index (χ1n) is 8.25. The standard InChI is InChI=1S/C18H21ClN4O/c19-15-3-1-2-14(12-15)4-5-18(24)23-10-7-16(8-11-23)22-17-6-9-20-13-21-17/h1-3,6,9,12-13,16H,4-5,7-8,10-11H2,(H,20,21,22). The first-order valence-corrected chi connectivity index (χ1v) is 8.63. The molecule has 0 atom stereocenters. The Labute approximate surface area is 147 Å². The molecule has 1 saturated heterocycles. The fourth-order valence-electron chi connectivity index (χ4n) is 2.96. The lowest BCUT2D eigenvalue weighted by Crippen LogP contribution is -2.42. The molecule has 1 aliphatic rings. The van der Waals surface area contributed by atoms with Crippen molar-refractivity contribution in [2.45, 2.75) is 31.7 Å². The second-order valence-electron chi connectivity index (χ2n) is 6.02. The Bertz CT molecular complexity index is 672. The second kappa shape index (κ2) is 8.11. The minimum Gasteiger partial charge on any atom is -0.367 e. The SMILES string of the molecule is O=C(CCc1cccc(Cl)c1)N1CCC(Nc2ccncn2)CC1. The summed E-state index contributed by atoms with van der Waals surface area (Å²) in [6.07, 6.45) is 6.41. The van der Waals surface area contributed by atoms with Crippen molar-refractivity contribution in [3.63, 3.8) is 0 Å². The van der Waals surface area contributed by atoms with E-state index in [4.69, 9.17) is 11.6 Å². The van der Waals surface area contributed by atoms with Gasteiger partial charge in [0.1, 0.15) is 12.1 Å². The van der Waals surface area contributed by atoms with Crippen LogP contribution < -0.4 is 5.32 Å². The van der Waals surface area contributed by atoms with Crippen LogP contribution in [0.4, 0.5) is 5.82 Å². The van der Waals surface area contributed by atoms with Crippen LogP contribution in [-0.2, 0) is 11.2 Å². The second-order valence-corrected chi connectivity index (χ2v) is 6.46. The van der Waals surface area contributed by atoms with Gasteiger partial charge >= 0.3 is 0 Å². The Hall–Kier alpha value is -2.14. The molecule has 0 unspecified atom stereocenters. The minimum absolute atomic E-state index is 0.218. The predicted molar refractivity (Wildman–Crippen MR) is 95.0 cm³/mol. The summed E-state index contributed by atoms with van der Waals surface area (Å²) in [5.74, 6) is 1.06. The molecule has 6 heteroatoms. The molecule has 1 N–H and O–H groups in total. The van der Waals surface area contributed by atoms with Gasteiger partial charge in [-0.1, -0.05) is 23.7 Å². The monoisotopic (exact) mass is 344 g/mol. The Morgan fingerprint density at radius 1 is 1.29 bits per heavy atom. The van der Waals surface area contributed by atoms with Gasteiger partial charge in [0.05, 0.1) is 0 Å².